The van der Waals surface area contributed by atoms with Crippen LogP contribution in [0.25, 0.3) is 0 Å². The van der Waals surface area contributed by atoms with E-state index in [0.717, 1.165) is 11.4 Å². The van der Waals surface area contributed by atoms with E-state index < -0.39 is 11.7 Å². The van der Waals surface area contributed by atoms with Gasteiger partial charge in [0.25, 0.3) is 5.91 Å². The van der Waals surface area contributed by atoms with E-state index in [1.165, 1.54) is 16.9 Å². The highest BCUT2D eigenvalue weighted by Crippen LogP contribution is 2.19. The molecule has 0 saturated carbocycles. The molecule has 3 rings (SSSR count). The molecule has 1 N–H and O–H groups in total. The van der Waals surface area contributed by atoms with Crippen molar-refractivity contribution < 1.29 is 14.3 Å². The average Bonchev–Trinajstić information content (AvgIpc) is 3.23. The molecule has 0 spiro atoms. The Morgan fingerprint density at radius 2 is 2.04 bits per heavy atom. The first-order chi connectivity index (χ1) is 12.8. The van der Waals surface area contributed by atoms with Crippen LogP contribution in [0, 0.1) is 0 Å². The smallest absolute Gasteiger partial charge is 0.407 e. The van der Waals surface area contributed by atoms with E-state index >= 15 is 0 Å². The highest BCUT2D eigenvalue weighted by molar-refractivity contribution is 7.09. The van der Waals surface area contributed by atoms with Crippen molar-refractivity contribution in [2.24, 2.45) is 0 Å². The van der Waals surface area contributed by atoms with Gasteiger partial charge in [0.1, 0.15) is 11.3 Å². The normalized spacial score (nSPS) is 17.0. The SMILES string of the molecule is CC(C)(C)OC(=O)NC1CCN(C(=O)c2csc(Cc3ccccc3)n2)C1. The van der Waals surface area contributed by atoms with E-state index in [9.17, 15) is 9.59 Å². The summed E-state index contributed by atoms with van der Waals surface area (Å²) < 4.78 is 5.28. The standard InChI is InChI=1S/C20H25N3O3S/c1-20(2,3)26-19(25)21-15-9-10-23(12-15)18(24)16-13-27-17(22-16)11-14-7-5-4-6-8-14/h4-8,13,15H,9-12H2,1-3H3,(H,21,25). The topological polar surface area (TPSA) is 71.5 Å². The van der Waals surface area contributed by atoms with E-state index in [1.54, 1.807) is 4.90 Å². The summed E-state index contributed by atoms with van der Waals surface area (Å²) in [6.07, 6.45) is 0.994. The summed E-state index contributed by atoms with van der Waals surface area (Å²) in [7, 11) is 0. The molecule has 1 unspecified atom stereocenters. The number of thiazole rings is 1. The van der Waals surface area contributed by atoms with Gasteiger partial charge in [-0.2, -0.15) is 0 Å². The third kappa shape index (κ3) is 5.53. The van der Waals surface area contributed by atoms with Gasteiger partial charge < -0.3 is 15.0 Å². The Bertz CT molecular complexity index is 798. The van der Waals surface area contributed by atoms with Crippen molar-refractivity contribution in [2.45, 2.75) is 45.3 Å². The molecule has 1 aliphatic heterocycles. The van der Waals surface area contributed by atoms with Gasteiger partial charge in [-0.25, -0.2) is 9.78 Å². The van der Waals surface area contributed by atoms with Crippen molar-refractivity contribution >= 4 is 23.3 Å². The molecule has 27 heavy (non-hydrogen) atoms. The van der Waals surface area contributed by atoms with Crippen molar-refractivity contribution in [3.05, 3.63) is 52.0 Å². The fraction of sp³-hybridized carbons (Fsp3) is 0.450. The molecule has 1 fully saturated rings. The maximum absolute atomic E-state index is 12.7. The maximum atomic E-state index is 12.7. The van der Waals surface area contributed by atoms with Crippen LogP contribution in [0.4, 0.5) is 4.79 Å². The number of hydrogen-bond acceptors (Lipinski definition) is 5. The Kier molecular flexibility index (Phi) is 5.79. The average molecular weight is 388 g/mol. The summed E-state index contributed by atoms with van der Waals surface area (Å²) >= 11 is 1.50. The molecule has 1 aromatic carbocycles. The van der Waals surface area contributed by atoms with Gasteiger partial charge >= 0.3 is 6.09 Å². The van der Waals surface area contributed by atoms with Gasteiger partial charge in [-0.1, -0.05) is 30.3 Å². The van der Waals surface area contributed by atoms with Gasteiger partial charge in [0.2, 0.25) is 0 Å². The third-order valence-corrected chi connectivity index (χ3v) is 5.01. The monoisotopic (exact) mass is 387 g/mol. The van der Waals surface area contributed by atoms with Crippen LogP contribution in [0.5, 0.6) is 0 Å². The predicted molar refractivity (Wildman–Crippen MR) is 105 cm³/mol. The Morgan fingerprint density at radius 1 is 1.30 bits per heavy atom. The second-order valence-corrected chi connectivity index (χ2v) is 8.61. The molecule has 0 radical (unpaired) electrons. The van der Waals surface area contributed by atoms with Crippen molar-refractivity contribution in [3.8, 4) is 0 Å². The van der Waals surface area contributed by atoms with Crippen molar-refractivity contribution in [3.63, 3.8) is 0 Å². The lowest BCUT2D eigenvalue weighted by atomic mass is 10.2. The second kappa shape index (κ2) is 8.08. The number of ether oxygens (including phenoxy) is 1. The molecule has 6 nitrogen and oxygen atoms in total. The summed E-state index contributed by atoms with van der Waals surface area (Å²) in [4.78, 5) is 30.8. The van der Waals surface area contributed by atoms with Crippen LogP contribution in [-0.2, 0) is 11.2 Å². The Hall–Kier alpha value is -2.41. The first-order valence-electron chi connectivity index (χ1n) is 9.07. The second-order valence-electron chi connectivity index (χ2n) is 7.67. The number of benzene rings is 1. The summed E-state index contributed by atoms with van der Waals surface area (Å²) in [6, 6.07) is 9.99. The van der Waals surface area contributed by atoms with E-state index in [1.807, 2.05) is 44.4 Å². The number of carbonyl (C=O) groups is 2. The number of amides is 2. The molecule has 0 aliphatic carbocycles. The molecule has 0 bridgehead atoms. The number of aromatic nitrogens is 1. The van der Waals surface area contributed by atoms with Crippen LogP contribution in [0.2, 0.25) is 0 Å². The fourth-order valence-corrected chi connectivity index (χ4v) is 3.76. The van der Waals surface area contributed by atoms with Gasteiger partial charge in [0.05, 0.1) is 11.0 Å². The molecule has 2 amide bonds. The van der Waals surface area contributed by atoms with Crippen molar-refractivity contribution in [1.29, 1.82) is 0 Å². The zero-order valence-corrected chi connectivity index (χ0v) is 16.7. The summed E-state index contributed by atoms with van der Waals surface area (Å²) in [6.45, 7) is 6.56. The molecule has 1 aliphatic rings. The minimum atomic E-state index is -0.534. The molecular weight excluding hydrogens is 362 g/mol. The lowest BCUT2D eigenvalue weighted by Crippen LogP contribution is -2.41. The number of nitrogens with zero attached hydrogens (tertiary/aromatic N) is 2. The minimum absolute atomic E-state index is 0.0842. The van der Waals surface area contributed by atoms with Crippen LogP contribution in [0.1, 0.15) is 48.3 Å². The lowest BCUT2D eigenvalue weighted by molar-refractivity contribution is 0.0502. The molecule has 1 saturated heterocycles. The van der Waals surface area contributed by atoms with Crippen LogP contribution in [0.3, 0.4) is 0 Å². The molecule has 2 aromatic rings. The molecule has 1 aromatic heterocycles. The van der Waals surface area contributed by atoms with Crippen molar-refractivity contribution in [1.82, 2.24) is 15.2 Å². The number of nitrogens with one attached hydrogen (secondary N) is 1. The zero-order valence-electron chi connectivity index (χ0n) is 15.9. The number of rotatable bonds is 4. The Morgan fingerprint density at radius 3 is 2.74 bits per heavy atom. The Balaban J connectivity index is 1.54. The highest BCUT2D eigenvalue weighted by atomic mass is 32.1. The van der Waals surface area contributed by atoms with Gasteiger partial charge in [-0.15, -0.1) is 11.3 Å². The first kappa shape index (κ1) is 19.4. The van der Waals surface area contributed by atoms with Gasteiger partial charge in [-0.05, 0) is 32.8 Å². The van der Waals surface area contributed by atoms with Gasteiger partial charge in [0, 0.05) is 24.9 Å². The van der Waals surface area contributed by atoms with Crippen molar-refractivity contribution in [2.75, 3.05) is 13.1 Å². The zero-order chi connectivity index (χ0) is 19.4. The first-order valence-corrected chi connectivity index (χ1v) is 9.95. The third-order valence-electron chi connectivity index (χ3n) is 4.17. The van der Waals surface area contributed by atoms with Gasteiger partial charge in [-0.3, -0.25) is 4.79 Å². The highest BCUT2D eigenvalue weighted by Gasteiger charge is 2.30. The predicted octanol–water partition coefficient (Wildman–Crippen LogP) is 3.47. The molecular formula is C20H25N3O3S. The number of likely N-dealkylation sites (tertiary alicyclic amines) is 1. The van der Waals surface area contributed by atoms with Crippen LogP contribution in [-0.4, -0.2) is 46.6 Å². The van der Waals surface area contributed by atoms with E-state index in [2.05, 4.69) is 22.4 Å². The fourth-order valence-electron chi connectivity index (χ4n) is 2.96. The lowest BCUT2D eigenvalue weighted by Gasteiger charge is -2.22. The largest absolute Gasteiger partial charge is 0.444 e. The van der Waals surface area contributed by atoms with E-state index in [4.69, 9.17) is 4.74 Å². The van der Waals surface area contributed by atoms with Gasteiger partial charge in [0.15, 0.2) is 0 Å². The van der Waals surface area contributed by atoms with Crippen LogP contribution >= 0.6 is 11.3 Å². The minimum Gasteiger partial charge on any atom is -0.444 e. The summed E-state index contributed by atoms with van der Waals surface area (Å²) in [5.41, 5.74) is 1.12. The maximum Gasteiger partial charge on any atom is 0.407 e. The molecule has 144 valence electrons. The summed E-state index contributed by atoms with van der Waals surface area (Å²) in [5.74, 6) is -0.0842. The molecule has 2 heterocycles. The summed E-state index contributed by atoms with van der Waals surface area (Å²) in [5, 5.41) is 5.57. The number of carbonyl (C=O) groups excluding carboxylic acids is 2. The number of alkyl carbamates (subject to hydrolysis) is 1. The van der Waals surface area contributed by atoms with E-state index in [0.29, 0.717) is 25.2 Å². The number of hydrogen-bond donors (Lipinski definition) is 1. The molecule has 7 heteroatoms. The Labute approximate surface area is 163 Å². The molecule has 1 atom stereocenters. The van der Waals surface area contributed by atoms with E-state index in [-0.39, 0.29) is 11.9 Å². The van der Waals surface area contributed by atoms with Crippen LogP contribution in [0.15, 0.2) is 35.7 Å². The van der Waals surface area contributed by atoms with Crippen LogP contribution < -0.4 is 5.32 Å². The quantitative estimate of drug-likeness (QED) is 0.872.